The van der Waals surface area contributed by atoms with Gasteiger partial charge in [-0.15, -0.1) is 11.3 Å². The summed E-state index contributed by atoms with van der Waals surface area (Å²) < 4.78 is 0. The van der Waals surface area contributed by atoms with Crippen LogP contribution in [0.2, 0.25) is 0 Å². The summed E-state index contributed by atoms with van der Waals surface area (Å²) in [5.41, 5.74) is 10.3. The van der Waals surface area contributed by atoms with E-state index < -0.39 is 11.8 Å². The highest BCUT2D eigenvalue weighted by molar-refractivity contribution is 7.09. The lowest BCUT2D eigenvalue weighted by atomic mass is 10.0. The van der Waals surface area contributed by atoms with Gasteiger partial charge in [-0.2, -0.15) is 0 Å². The molecule has 1 aromatic heterocycles. The highest BCUT2D eigenvalue weighted by Gasteiger charge is 2.12. The summed E-state index contributed by atoms with van der Waals surface area (Å²) >= 11 is 1.58. The minimum atomic E-state index is -0.421. The predicted molar refractivity (Wildman–Crippen MR) is 63.7 cm³/mol. The van der Waals surface area contributed by atoms with Crippen LogP contribution in [0.25, 0.3) is 0 Å². The Kier molecular flexibility index (Phi) is 4.72. The minimum absolute atomic E-state index is 0.133. The van der Waals surface area contributed by atoms with E-state index in [9.17, 15) is 9.59 Å². The molecule has 86 valence electrons. The van der Waals surface area contributed by atoms with E-state index in [4.69, 9.17) is 11.5 Å². The third kappa shape index (κ3) is 4.27. The lowest BCUT2D eigenvalue weighted by Crippen LogP contribution is -2.23. The van der Waals surface area contributed by atoms with Gasteiger partial charge in [0.15, 0.2) is 0 Å². The van der Waals surface area contributed by atoms with Crippen molar-refractivity contribution in [1.29, 1.82) is 0 Å². The topological polar surface area (TPSA) is 86.2 Å². The minimum Gasteiger partial charge on any atom is -0.369 e. The summed E-state index contributed by atoms with van der Waals surface area (Å²) in [5, 5.41) is 1.94. The summed E-state index contributed by atoms with van der Waals surface area (Å²) in [6.07, 6.45) is 3.94. The van der Waals surface area contributed by atoms with Gasteiger partial charge in [0.2, 0.25) is 11.8 Å². The number of rotatable bonds is 6. The van der Waals surface area contributed by atoms with Crippen LogP contribution in [0.5, 0.6) is 0 Å². The number of carbonyl (C=O) groups is 2. The number of thiophene rings is 1. The van der Waals surface area contributed by atoms with E-state index in [2.05, 4.69) is 0 Å². The van der Waals surface area contributed by atoms with E-state index in [-0.39, 0.29) is 12.3 Å². The Morgan fingerprint density at radius 2 is 2.19 bits per heavy atom. The molecule has 0 aliphatic rings. The van der Waals surface area contributed by atoms with Crippen molar-refractivity contribution in [3.63, 3.8) is 0 Å². The van der Waals surface area contributed by atoms with Crippen LogP contribution in [0, 0.1) is 5.92 Å². The molecule has 1 aromatic rings. The molecule has 0 radical (unpaired) electrons. The quantitative estimate of drug-likeness (QED) is 0.719. The predicted octanol–water partition coefficient (Wildman–Crippen LogP) is 0.824. The Bertz CT molecular complexity index is 385. The summed E-state index contributed by atoms with van der Waals surface area (Å²) in [6.45, 7) is 0. The van der Waals surface area contributed by atoms with Crippen molar-refractivity contribution in [2.24, 2.45) is 17.4 Å². The average molecular weight is 238 g/mol. The van der Waals surface area contributed by atoms with E-state index in [1.165, 1.54) is 0 Å². The van der Waals surface area contributed by atoms with Gasteiger partial charge in [0, 0.05) is 11.3 Å². The average Bonchev–Trinajstić information content (AvgIpc) is 2.68. The third-order valence-electron chi connectivity index (χ3n) is 2.05. The number of nitrogens with two attached hydrogens (primary N) is 2. The smallest absolute Gasteiger partial charge is 0.224 e. The van der Waals surface area contributed by atoms with Crippen molar-refractivity contribution < 1.29 is 9.59 Å². The summed E-state index contributed by atoms with van der Waals surface area (Å²) in [6, 6.07) is 3.87. The van der Waals surface area contributed by atoms with E-state index in [1.54, 1.807) is 23.5 Å². The zero-order valence-electron chi connectivity index (χ0n) is 8.76. The van der Waals surface area contributed by atoms with Crippen LogP contribution < -0.4 is 11.5 Å². The number of primary amides is 2. The van der Waals surface area contributed by atoms with Crippen molar-refractivity contribution >= 4 is 23.2 Å². The Hall–Kier alpha value is -1.62. The van der Waals surface area contributed by atoms with Gasteiger partial charge in [-0.3, -0.25) is 9.59 Å². The third-order valence-corrected chi connectivity index (χ3v) is 2.95. The molecule has 2 amide bonds. The van der Waals surface area contributed by atoms with Crippen molar-refractivity contribution in [2.75, 3.05) is 0 Å². The van der Waals surface area contributed by atoms with Crippen LogP contribution in [0.4, 0.5) is 0 Å². The molecule has 0 saturated heterocycles. The second kappa shape index (κ2) is 6.07. The lowest BCUT2D eigenvalue weighted by molar-refractivity contribution is -0.120. The Morgan fingerprint density at radius 3 is 2.69 bits per heavy atom. The maximum atomic E-state index is 11.2. The van der Waals surface area contributed by atoms with Crippen LogP contribution in [-0.2, 0) is 16.0 Å². The fourth-order valence-corrected chi connectivity index (χ4v) is 2.02. The molecule has 1 unspecified atom stereocenters. The Balaban J connectivity index is 2.58. The molecule has 0 spiro atoms. The Morgan fingerprint density at radius 1 is 1.44 bits per heavy atom. The molecule has 1 rings (SSSR count). The van der Waals surface area contributed by atoms with E-state index in [1.807, 2.05) is 17.5 Å². The van der Waals surface area contributed by atoms with Crippen molar-refractivity contribution in [1.82, 2.24) is 0 Å². The van der Waals surface area contributed by atoms with Crippen molar-refractivity contribution in [3.8, 4) is 0 Å². The monoisotopic (exact) mass is 238 g/mol. The van der Waals surface area contributed by atoms with Gasteiger partial charge in [0.1, 0.15) is 0 Å². The highest BCUT2D eigenvalue weighted by Crippen LogP contribution is 2.15. The van der Waals surface area contributed by atoms with Gasteiger partial charge >= 0.3 is 0 Å². The summed E-state index contributed by atoms with van der Waals surface area (Å²) in [4.78, 5) is 22.8. The highest BCUT2D eigenvalue weighted by atomic mass is 32.1. The van der Waals surface area contributed by atoms with E-state index in [0.717, 1.165) is 4.88 Å². The second-order valence-electron chi connectivity index (χ2n) is 3.39. The Labute approximate surface area is 97.9 Å². The molecule has 16 heavy (non-hydrogen) atoms. The van der Waals surface area contributed by atoms with Crippen LogP contribution in [-0.4, -0.2) is 11.8 Å². The molecule has 0 aromatic carbocycles. The van der Waals surface area contributed by atoms with Gasteiger partial charge in [-0.1, -0.05) is 18.2 Å². The van der Waals surface area contributed by atoms with E-state index in [0.29, 0.717) is 6.42 Å². The van der Waals surface area contributed by atoms with Gasteiger partial charge < -0.3 is 11.5 Å². The van der Waals surface area contributed by atoms with Gasteiger partial charge in [-0.25, -0.2) is 0 Å². The molecule has 5 heteroatoms. The number of carbonyl (C=O) groups excluding carboxylic acids is 2. The van der Waals surface area contributed by atoms with Crippen LogP contribution in [0.1, 0.15) is 11.3 Å². The fraction of sp³-hybridized carbons (Fsp3) is 0.273. The first-order chi connectivity index (χ1) is 7.59. The first-order valence-corrected chi connectivity index (χ1v) is 5.74. The van der Waals surface area contributed by atoms with Gasteiger partial charge in [0.05, 0.1) is 5.92 Å². The van der Waals surface area contributed by atoms with Crippen molar-refractivity contribution in [3.05, 3.63) is 34.5 Å². The molecule has 0 saturated carbocycles. The second-order valence-corrected chi connectivity index (χ2v) is 4.42. The summed E-state index contributed by atoms with van der Waals surface area (Å²) in [7, 11) is 0. The SMILES string of the molecule is NC(=O)C/C=C/C(Cc1cccs1)C(N)=O. The first kappa shape index (κ1) is 12.4. The van der Waals surface area contributed by atoms with Crippen LogP contribution in [0.15, 0.2) is 29.7 Å². The van der Waals surface area contributed by atoms with Gasteiger partial charge in [0.25, 0.3) is 0 Å². The molecule has 0 aliphatic heterocycles. The lowest BCUT2D eigenvalue weighted by Gasteiger charge is -2.06. The van der Waals surface area contributed by atoms with Gasteiger partial charge in [-0.05, 0) is 17.9 Å². The fourth-order valence-electron chi connectivity index (χ4n) is 1.26. The maximum Gasteiger partial charge on any atom is 0.224 e. The zero-order chi connectivity index (χ0) is 12.0. The molecule has 0 fully saturated rings. The van der Waals surface area contributed by atoms with E-state index >= 15 is 0 Å². The molecular formula is C11H14N2O2S. The number of hydrogen-bond acceptors (Lipinski definition) is 3. The molecule has 4 nitrogen and oxygen atoms in total. The molecule has 1 atom stereocenters. The largest absolute Gasteiger partial charge is 0.369 e. The standard InChI is InChI=1S/C11H14N2O2S/c12-10(14)5-1-3-8(11(13)15)7-9-4-2-6-16-9/h1-4,6,8H,5,7H2,(H2,12,14)(H2,13,15)/b3-1+. The molecule has 0 aliphatic carbocycles. The number of amides is 2. The molecule has 1 heterocycles. The van der Waals surface area contributed by atoms with Crippen LogP contribution in [0.3, 0.4) is 0 Å². The molecule has 4 N–H and O–H groups in total. The summed E-state index contributed by atoms with van der Waals surface area (Å²) in [5.74, 6) is -1.19. The van der Waals surface area contributed by atoms with Crippen LogP contribution >= 0.6 is 11.3 Å². The molecular weight excluding hydrogens is 224 g/mol. The number of hydrogen-bond donors (Lipinski definition) is 2. The normalized spacial score (nSPS) is 12.8. The zero-order valence-corrected chi connectivity index (χ0v) is 9.57. The molecule has 0 bridgehead atoms. The first-order valence-electron chi connectivity index (χ1n) is 4.86. The maximum absolute atomic E-state index is 11.2. The van der Waals surface area contributed by atoms with Crippen molar-refractivity contribution in [2.45, 2.75) is 12.8 Å².